The summed E-state index contributed by atoms with van der Waals surface area (Å²) in [6.07, 6.45) is 9.87. The molecule has 1 rings (SSSR count). The van der Waals surface area contributed by atoms with Crippen LogP contribution in [0.1, 0.15) is 57.9 Å². The summed E-state index contributed by atoms with van der Waals surface area (Å²) < 4.78 is 0. The van der Waals surface area contributed by atoms with Crippen LogP contribution in [0, 0.1) is 10.1 Å². The Bertz CT molecular complexity index is 528. The van der Waals surface area contributed by atoms with Gasteiger partial charge in [-0.15, -0.1) is 0 Å². The first-order valence-electron chi connectivity index (χ1n) is 8.80. The second-order valence-electron chi connectivity index (χ2n) is 5.92. The molecule has 0 N–H and O–H groups in total. The number of carbonyl (C=O) groups excluding carboxylic acids is 1. The molecule has 0 atom stereocenters. The van der Waals surface area contributed by atoms with Crippen molar-refractivity contribution in [3.63, 3.8) is 0 Å². The van der Waals surface area contributed by atoms with E-state index in [-0.39, 0.29) is 11.6 Å². The van der Waals surface area contributed by atoms with Crippen LogP contribution in [0.4, 0.5) is 5.69 Å². The van der Waals surface area contributed by atoms with Crippen molar-refractivity contribution in [3.8, 4) is 0 Å². The van der Waals surface area contributed by atoms with Crippen molar-refractivity contribution < 1.29 is 9.72 Å². The predicted octanol–water partition coefficient (Wildman–Crippen LogP) is 4.82. The molecule has 0 fully saturated rings. The molecule has 0 aliphatic carbocycles. The molecule has 0 radical (unpaired) electrons. The second-order valence-corrected chi connectivity index (χ2v) is 5.92. The lowest BCUT2D eigenvalue weighted by Crippen LogP contribution is -2.31. The molecule has 0 saturated carbocycles. The molecule has 0 aliphatic rings. The number of rotatable bonds is 11. The van der Waals surface area contributed by atoms with Gasteiger partial charge in [-0.1, -0.05) is 39.5 Å². The van der Waals surface area contributed by atoms with Crippen LogP contribution in [0.3, 0.4) is 0 Å². The number of nitro benzene ring substituents is 1. The van der Waals surface area contributed by atoms with Gasteiger partial charge in [0.15, 0.2) is 0 Å². The molecule has 0 heterocycles. The van der Waals surface area contributed by atoms with Crippen LogP contribution in [0.5, 0.6) is 0 Å². The van der Waals surface area contributed by atoms with E-state index in [9.17, 15) is 14.9 Å². The maximum absolute atomic E-state index is 12.4. The van der Waals surface area contributed by atoms with E-state index in [0.717, 1.165) is 57.2 Å². The Balaban J connectivity index is 2.64. The molecule has 132 valence electrons. The number of carbonyl (C=O) groups is 1. The van der Waals surface area contributed by atoms with Gasteiger partial charge < -0.3 is 4.90 Å². The van der Waals surface area contributed by atoms with Crippen molar-refractivity contribution in [2.24, 2.45) is 0 Å². The van der Waals surface area contributed by atoms with E-state index in [4.69, 9.17) is 0 Å². The number of nitro groups is 1. The SMILES string of the molecule is CCCCCN(CCCCC)C(=O)/C=C/c1ccc([N+](=O)[O-])cc1. The minimum atomic E-state index is -0.429. The van der Waals surface area contributed by atoms with Crippen LogP contribution in [0.15, 0.2) is 30.3 Å². The second kappa shape index (κ2) is 11.4. The highest BCUT2D eigenvalue weighted by Crippen LogP contribution is 2.13. The summed E-state index contributed by atoms with van der Waals surface area (Å²) in [6.45, 7) is 5.89. The van der Waals surface area contributed by atoms with Crippen molar-refractivity contribution in [3.05, 3.63) is 46.0 Å². The van der Waals surface area contributed by atoms with Crippen molar-refractivity contribution in [2.75, 3.05) is 13.1 Å². The molecule has 0 unspecified atom stereocenters. The summed E-state index contributed by atoms with van der Waals surface area (Å²) in [6, 6.07) is 6.20. The summed E-state index contributed by atoms with van der Waals surface area (Å²) in [5.74, 6) is 0.0144. The molecule has 0 saturated heterocycles. The third-order valence-electron chi connectivity index (χ3n) is 3.90. The molecule has 0 aromatic heterocycles. The zero-order valence-electron chi connectivity index (χ0n) is 14.7. The molecule has 5 heteroatoms. The van der Waals surface area contributed by atoms with Crippen LogP contribution in [0.2, 0.25) is 0 Å². The largest absolute Gasteiger partial charge is 0.339 e. The van der Waals surface area contributed by atoms with Gasteiger partial charge in [-0.05, 0) is 36.6 Å². The van der Waals surface area contributed by atoms with Crippen molar-refractivity contribution in [1.29, 1.82) is 0 Å². The molecule has 0 spiro atoms. The molecule has 24 heavy (non-hydrogen) atoms. The maximum Gasteiger partial charge on any atom is 0.269 e. The number of hydrogen-bond acceptors (Lipinski definition) is 3. The Kier molecular flexibility index (Phi) is 9.42. The van der Waals surface area contributed by atoms with Crippen LogP contribution in [-0.2, 0) is 4.79 Å². The van der Waals surface area contributed by atoms with Gasteiger partial charge in [0.1, 0.15) is 0 Å². The van der Waals surface area contributed by atoms with Crippen LogP contribution in [0.25, 0.3) is 6.08 Å². The lowest BCUT2D eigenvalue weighted by atomic mass is 10.2. The first-order chi connectivity index (χ1) is 11.6. The van der Waals surface area contributed by atoms with E-state index in [1.807, 2.05) is 4.90 Å². The van der Waals surface area contributed by atoms with Crippen molar-refractivity contribution in [1.82, 2.24) is 4.90 Å². The Labute approximate surface area is 144 Å². The lowest BCUT2D eigenvalue weighted by Gasteiger charge is -2.21. The molecule has 0 bridgehead atoms. The van der Waals surface area contributed by atoms with Gasteiger partial charge in [0.2, 0.25) is 5.91 Å². The quantitative estimate of drug-likeness (QED) is 0.253. The highest BCUT2D eigenvalue weighted by molar-refractivity contribution is 5.91. The molecule has 1 aromatic carbocycles. The normalized spacial score (nSPS) is 10.9. The number of benzene rings is 1. The zero-order valence-corrected chi connectivity index (χ0v) is 14.7. The summed E-state index contributed by atoms with van der Waals surface area (Å²) in [7, 11) is 0. The van der Waals surface area contributed by atoms with E-state index in [2.05, 4.69) is 13.8 Å². The van der Waals surface area contributed by atoms with Gasteiger partial charge in [-0.3, -0.25) is 14.9 Å². The molecule has 0 aliphatic heterocycles. The third-order valence-corrected chi connectivity index (χ3v) is 3.90. The first kappa shape index (κ1) is 19.9. The van der Waals surface area contributed by atoms with Crippen molar-refractivity contribution in [2.45, 2.75) is 52.4 Å². The first-order valence-corrected chi connectivity index (χ1v) is 8.80. The zero-order chi connectivity index (χ0) is 17.8. The fourth-order valence-electron chi connectivity index (χ4n) is 2.42. The average Bonchev–Trinajstić information content (AvgIpc) is 2.59. The average molecular weight is 332 g/mol. The number of amides is 1. The summed E-state index contributed by atoms with van der Waals surface area (Å²) in [5, 5.41) is 10.6. The Morgan fingerprint density at radius 2 is 1.58 bits per heavy atom. The summed E-state index contributed by atoms with van der Waals surface area (Å²) in [4.78, 5) is 24.5. The van der Waals surface area contributed by atoms with E-state index < -0.39 is 4.92 Å². The van der Waals surface area contributed by atoms with Gasteiger partial charge in [0.05, 0.1) is 4.92 Å². The van der Waals surface area contributed by atoms with E-state index >= 15 is 0 Å². The topological polar surface area (TPSA) is 63.5 Å². The molecule has 1 amide bonds. The standard InChI is InChI=1S/C19H28N2O3/c1-3-5-7-15-20(16-8-6-4-2)19(22)14-11-17-9-12-18(13-10-17)21(23)24/h9-14H,3-8,15-16H2,1-2H3/b14-11+. The molecule has 1 aromatic rings. The number of non-ortho nitro benzene ring substituents is 1. The molecule has 5 nitrogen and oxygen atoms in total. The summed E-state index contributed by atoms with van der Waals surface area (Å²) in [5.41, 5.74) is 0.843. The third kappa shape index (κ3) is 7.40. The van der Waals surface area contributed by atoms with Gasteiger partial charge >= 0.3 is 0 Å². The van der Waals surface area contributed by atoms with Gasteiger partial charge in [0, 0.05) is 31.3 Å². The highest BCUT2D eigenvalue weighted by Gasteiger charge is 2.10. The summed E-state index contributed by atoms with van der Waals surface area (Å²) >= 11 is 0. The monoisotopic (exact) mass is 332 g/mol. The fraction of sp³-hybridized carbons (Fsp3) is 0.526. The number of hydrogen-bond donors (Lipinski definition) is 0. The molecular weight excluding hydrogens is 304 g/mol. The Morgan fingerprint density at radius 1 is 1.04 bits per heavy atom. The Hall–Kier alpha value is -2.17. The Morgan fingerprint density at radius 3 is 2.04 bits per heavy atom. The smallest absolute Gasteiger partial charge is 0.269 e. The number of nitrogens with zero attached hydrogens (tertiary/aromatic N) is 2. The van der Waals surface area contributed by atoms with Crippen LogP contribution >= 0.6 is 0 Å². The minimum Gasteiger partial charge on any atom is -0.339 e. The van der Waals surface area contributed by atoms with Crippen molar-refractivity contribution >= 4 is 17.7 Å². The molecular formula is C19H28N2O3. The van der Waals surface area contributed by atoms with E-state index in [0.29, 0.717) is 0 Å². The van der Waals surface area contributed by atoms with Crippen LogP contribution in [-0.4, -0.2) is 28.8 Å². The van der Waals surface area contributed by atoms with Gasteiger partial charge in [-0.25, -0.2) is 0 Å². The minimum absolute atomic E-state index is 0.0144. The maximum atomic E-state index is 12.4. The van der Waals surface area contributed by atoms with Crippen LogP contribution < -0.4 is 0 Å². The highest BCUT2D eigenvalue weighted by atomic mass is 16.6. The predicted molar refractivity (Wildman–Crippen MR) is 97.8 cm³/mol. The van der Waals surface area contributed by atoms with E-state index in [1.54, 1.807) is 24.3 Å². The fourth-order valence-corrected chi connectivity index (χ4v) is 2.42. The van der Waals surface area contributed by atoms with E-state index in [1.165, 1.54) is 12.1 Å². The van der Waals surface area contributed by atoms with Gasteiger partial charge in [-0.2, -0.15) is 0 Å². The number of unbranched alkanes of at least 4 members (excludes halogenated alkanes) is 4. The lowest BCUT2D eigenvalue weighted by molar-refractivity contribution is -0.384. The van der Waals surface area contributed by atoms with Gasteiger partial charge in [0.25, 0.3) is 5.69 Å².